The molecule has 1 heterocycles. The second kappa shape index (κ2) is 5.52. The Balaban J connectivity index is 2.35. The number of halogens is 1. The lowest BCUT2D eigenvalue weighted by molar-refractivity contribution is 0.0648. The molecule has 0 aromatic heterocycles. The Morgan fingerprint density at radius 2 is 1.74 bits per heavy atom. The van der Waals surface area contributed by atoms with Gasteiger partial charge in [-0.25, -0.2) is 0 Å². The number of fused-ring (bicyclic) bond motifs is 1. The molecule has 5 nitrogen and oxygen atoms in total. The molecule has 2 amide bonds. The van der Waals surface area contributed by atoms with E-state index >= 15 is 0 Å². The van der Waals surface area contributed by atoms with Crippen LogP contribution >= 0.6 is 28.7 Å². The lowest BCUT2D eigenvalue weighted by atomic mass is 10.1. The zero-order chi connectivity index (χ0) is 14.2. The Morgan fingerprint density at radius 3 is 2.11 bits per heavy atom. The van der Waals surface area contributed by atoms with Crippen LogP contribution < -0.4 is 0 Å². The molecular weight excluding hydrogens is 329 g/mol. The predicted molar refractivity (Wildman–Crippen MR) is 77.8 cm³/mol. The molecule has 1 aliphatic heterocycles. The van der Waals surface area contributed by atoms with Gasteiger partial charge >= 0.3 is 0 Å². The smallest absolute Gasteiger partial charge is 0.262 e. The summed E-state index contributed by atoms with van der Waals surface area (Å²) in [5, 5.41) is -0.894. The number of carbonyl (C=O) groups excluding carboxylic acids is 2. The standard InChI is InChI=1S/C10H9ClNO4PS2/c11-5-8(19-17(15,16)18)12-9(13)6-3-1-2-4-7(6)10(12)14/h1-4,8H,5H2,(H2,15,16,18). The molecule has 1 atom stereocenters. The van der Waals surface area contributed by atoms with E-state index in [1.807, 2.05) is 0 Å². The molecule has 102 valence electrons. The Labute approximate surface area is 123 Å². The van der Waals surface area contributed by atoms with Crippen molar-refractivity contribution in [2.24, 2.45) is 0 Å². The van der Waals surface area contributed by atoms with Crippen LogP contribution in [-0.4, -0.2) is 37.8 Å². The van der Waals surface area contributed by atoms with E-state index in [1.54, 1.807) is 24.3 Å². The summed E-state index contributed by atoms with van der Waals surface area (Å²) < 4.78 is 0. The first-order chi connectivity index (χ1) is 8.85. The van der Waals surface area contributed by atoms with Gasteiger partial charge in [0.05, 0.1) is 17.0 Å². The van der Waals surface area contributed by atoms with E-state index in [4.69, 9.17) is 11.6 Å². The van der Waals surface area contributed by atoms with Crippen molar-refractivity contribution in [2.75, 3.05) is 5.88 Å². The van der Waals surface area contributed by atoms with Crippen molar-refractivity contribution < 1.29 is 19.4 Å². The zero-order valence-electron chi connectivity index (χ0n) is 9.39. The Bertz CT molecular complexity index is 556. The molecule has 2 rings (SSSR count). The summed E-state index contributed by atoms with van der Waals surface area (Å²) >= 11 is 10.8. The number of rotatable bonds is 4. The predicted octanol–water partition coefficient (Wildman–Crippen LogP) is 1.79. The van der Waals surface area contributed by atoms with Gasteiger partial charge in [-0.3, -0.25) is 14.5 Å². The molecule has 0 saturated carbocycles. The van der Waals surface area contributed by atoms with E-state index in [1.165, 1.54) is 0 Å². The minimum absolute atomic E-state index is 0.129. The van der Waals surface area contributed by atoms with Crippen molar-refractivity contribution in [1.82, 2.24) is 4.90 Å². The maximum atomic E-state index is 12.1. The number of imide groups is 1. The molecule has 19 heavy (non-hydrogen) atoms. The highest BCUT2D eigenvalue weighted by Crippen LogP contribution is 2.54. The SMILES string of the molecule is O=C1c2ccccc2C(=O)N1C(CCl)SP(O)(O)=S. The molecule has 0 bridgehead atoms. The van der Waals surface area contributed by atoms with Crippen LogP contribution in [0, 0.1) is 0 Å². The van der Waals surface area contributed by atoms with Crippen molar-refractivity contribution >= 4 is 52.3 Å². The maximum absolute atomic E-state index is 12.1. The highest BCUT2D eigenvalue weighted by Gasteiger charge is 2.41. The summed E-state index contributed by atoms with van der Waals surface area (Å²) in [6.07, 6.45) is 0. The summed E-state index contributed by atoms with van der Waals surface area (Å²) in [4.78, 5) is 43.8. The number of hydrogen-bond acceptors (Lipinski definition) is 4. The van der Waals surface area contributed by atoms with Crippen molar-refractivity contribution in [3.63, 3.8) is 0 Å². The number of amides is 2. The van der Waals surface area contributed by atoms with Crippen LogP contribution in [0.4, 0.5) is 0 Å². The maximum Gasteiger partial charge on any atom is 0.262 e. The largest absolute Gasteiger partial charge is 0.338 e. The van der Waals surface area contributed by atoms with E-state index in [9.17, 15) is 19.4 Å². The van der Waals surface area contributed by atoms with E-state index in [2.05, 4.69) is 11.8 Å². The minimum atomic E-state index is -3.62. The number of nitrogens with zero attached hydrogens (tertiary/aromatic N) is 1. The summed E-state index contributed by atoms with van der Waals surface area (Å²) in [5.74, 6) is -1.13. The molecule has 0 fully saturated rings. The van der Waals surface area contributed by atoms with Crippen LogP contribution in [0.15, 0.2) is 24.3 Å². The minimum Gasteiger partial charge on any atom is -0.338 e. The lowest BCUT2D eigenvalue weighted by Gasteiger charge is -2.24. The Kier molecular flexibility index (Phi) is 4.35. The normalized spacial score (nSPS) is 16.7. The van der Waals surface area contributed by atoms with Crippen molar-refractivity contribution in [1.29, 1.82) is 0 Å². The first-order valence-electron chi connectivity index (χ1n) is 5.12. The molecule has 0 aliphatic carbocycles. The quantitative estimate of drug-likeness (QED) is 0.495. The first-order valence-corrected chi connectivity index (χ1v) is 9.84. The topological polar surface area (TPSA) is 77.8 Å². The molecule has 9 heteroatoms. The van der Waals surface area contributed by atoms with Crippen LogP contribution in [0.1, 0.15) is 20.7 Å². The third-order valence-electron chi connectivity index (χ3n) is 2.50. The summed E-state index contributed by atoms with van der Waals surface area (Å²) in [6, 6.07) is 6.39. The van der Waals surface area contributed by atoms with Gasteiger partial charge in [-0.15, -0.1) is 11.6 Å². The van der Waals surface area contributed by atoms with Crippen molar-refractivity contribution in [3.05, 3.63) is 35.4 Å². The van der Waals surface area contributed by atoms with Crippen LogP contribution in [0.5, 0.6) is 0 Å². The van der Waals surface area contributed by atoms with Crippen LogP contribution in [0.3, 0.4) is 0 Å². The fourth-order valence-electron chi connectivity index (χ4n) is 1.77. The molecule has 0 radical (unpaired) electrons. The molecule has 2 N–H and O–H groups in total. The van der Waals surface area contributed by atoms with Crippen molar-refractivity contribution in [3.8, 4) is 0 Å². The molecular formula is C10H9ClNO4PS2. The second-order valence-corrected chi connectivity index (χ2v) is 10.2. The first kappa shape index (κ1) is 15.0. The Morgan fingerprint density at radius 1 is 1.26 bits per heavy atom. The zero-order valence-corrected chi connectivity index (χ0v) is 12.7. The van der Waals surface area contributed by atoms with Gasteiger partial charge in [-0.1, -0.05) is 12.1 Å². The van der Waals surface area contributed by atoms with Gasteiger partial charge < -0.3 is 9.79 Å². The summed E-state index contributed by atoms with van der Waals surface area (Å²) in [7, 11) is 0. The summed E-state index contributed by atoms with van der Waals surface area (Å²) in [5.41, 5.74) is -3.05. The Hall–Kier alpha value is -0.430. The third-order valence-corrected chi connectivity index (χ3v) is 6.20. The van der Waals surface area contributed by atoms with Gasteiger partial charge in [0, 0.05) is 0 Å². The van der Waals surface area contributed by atoms with Crippen LogP contribution in [-0.2, 0) is 11.8 Å². The van der Waals surface area contributed by atoms with Gasteiger partial charge in [-0.05, 0) is 35.3 Å². The average Bonchev–Trinajstić information content (AvgIpc) is 2.59. The third kappa shape index (κ3) is 3.02. The molecule has 0 saturated heterocycles. The van der Waals surface area contributed by atoms with Gasteiger partial charge in [0.15, 0.2) is 0 Å². The molecule has 1 aromatic carbocycles. The van der Waals surface area contributed by atoms with Crippen LogP contribution in [0.25, 0.3) is 0 Å². The van der Waals surface area contributed by atoms with E-state index < -0.39 is 22.9 Å². The fraction of sp³-hybridized carbons (Fsp3) is 0.200. The van der Waals surface area contributed by atoms with Gasteiger partial charge in [0.25, 0.3) is 11.8 Å². The molecule has 1 aliphatic rings. The number of alkyl halides is 1. The highest BCUT2D eigenvalue weighted by atomic mass is 35.5. The molecule has 1 aromatic rings. The second-order valence-electron chi connectivity index (χ2n) is 3.73. The molecule has 0 spiro atoms. The monoisotopic (exact) mass is 337 g/mol. The summed E-state index contributed by atoms with van der Waals surface area (Å²) in [6.45, 7) is 0. The van der Waals surface area contributed by atoms with Crippen molar-refractivity contribution in [2.45, 2.75) is 5.37 Å². The van der Waals surface area contributed by atoms with E-state index in [0.29, 0.717) is 11.4 Å². The van der Waals surface area contributed by atoms with Gasteiger partial charge in [-0.2, -0.15) is 0 Å². The number of hydrogen-bond donors (Lipinski definition) is 2. The number of carbonyl (C=O) groups is 2. The van der Waals surface area contributed by atoms with E-state index in [-0.39, 0.29) is 17.0 Å². The van der Waals surface area contributed by atoms with Gasteiger partial charge in [0.1, 0.15) is 5.37 Å². The lowest BCUT2D eigenvalue weighted by Crippen LogP contribution is -2.38. The highest BCUT2D eigenvalue weighted by molar-refractivity contribution is 8.67. The number of benzene rings is 1. The van der Waals surface area contributed by atoms with E-state index in [0.717, 1.165) is 4.90 Å². The fourth-order valence-corrected chi connectivity index (χ4v) is 5.37. The molecule has 1 unspecified atom stereocenters. The van der Waals surface area contributed by atoms with Crippen LogP contribution in [0.2, 0.25) is 0 Å². The van der Waals surface area contributed by atoms with Gasteiger partial charge in [0.2, 0.25) is 5.69 Å². The average molecular weight is 338 g/mol.